The van der Waals surface area contributed by atoms with Crippen molar-refractivity contribution in [1.29, 1.82) is 5.26 Å². The number of methoxy groups -OCH3 is 1. The van der Waals surface area contributed by atoms with Crippen LogP contribution in [0.1, 0.15) is 0 Å². The van der Waals surface area contributed by atoms with Gasteiger partial charge >= 0.3 is 5.97 Å². The van der Waals surface area contributed by atoms with E-state index in [4.69, 9.17) is 16.9 Å². The van der Waals surface area contributed by atoms with Gasteiger partial charge in [0.1, 0.15) is 6.07 Å². The summed E-state index contributed by atoms with van der Waals surface area (Å²) < 4.78 is 4.55. The molecule has 0 bridgehead atoms. The Morgan fingerprint density at radius 2 is 2.06 bits per heavy atom. The topological polar surface area (TPSA) is 62.1 Å². The van der Waals surface area contributed by atoms with E-state index in [1.165, 1.54) is 18.9 Å². The van der Waals surface area contributed by atoms with Crippen LogP contribution in [0.25, 0.3) is 0 Å². The number of hydrogen-bond donors (Lipinski definition) is 1. The summed E-state index contributed by atoms with van der Waals surface area (Å²) in [4.78, 5) is 11.4. The smallest absolute Gasteiger partial charge is 0.351 e. The van der Waals surface area contributed by atoms with Crippen molar-refractivity contribution in [2.75, 3.05) is 18.7 Å². The monoisotopic (exact) mass is 282 g/mol. The first-order chi connectivity index (χ1) is 8.62. The van der Waals surface area contributed by atoms with Crippen LogP contribution in [0.15, 0.2) is 34.9 Å². The van der Waals surface area contributed by atoms with Crippen molar-refractivity contribution in [1.82, 2.24) is 0 Å². The SMILES string of the molecule is COC(=O)/C(C#N)=C(\Nc1ccc(Cl)cc1)SC. The van der Waals surface area contributed by atoms with Gasteiger partial charge in [-0.2, -0.15) is 5.26 Å². The molecule has 0 unspecified atom stereocenters. The van der Waals surface area contributed by atoms with Crippen LogP contribution in [0.4, 0.5) is 5.69 Å². The van der Waals surface area contributed by atoms with Crippen LogP contribution < -0.4 is 5.32 Å². The largest absolute Gasteiger partial charge is 0.465 e. The number of nitrogens with one attached hydrogen (secondary N) is 1. The molecule has 94 valence electrons. The maximum atomic E-state index is 11.4. The Balaban J connectivity index is 3.03. The Morgan fingerprint density at radius 1 is 1.44 bits per heavy atom. The molecule has 0 aliphatic carbocycles. The van der Waals surface area contributed by atoms with Gasteiger partial charge in [0.05, 0.1) is 12.1 Å². The van der Waals surface area contributed by atoms with E-state index in [9.17, 15) is 4.79 Å². The number of ether oxygens (including phenoxy) is 1. The van der Waals surface area contributed by atoms with Crippen molar-refractivity contribution in [3.8, 4) is 6.07 Å². The highest BCUT2D eigenvalue weighted by atomic mass is 35.5. The number of anilines is 1. The van der Waals surface area contributed by atoms with Gasteiger partial charge < -0.3 is 10.1 Å². The molecule has 18 heavy (non-hydrogen) atoms. The first-order valence-electron chi connectivity index (χ1n) is 4.91. The van der Waals surface area contributed by atoms with Crippen LogP contribution in [0.3, 0.4) is 0 Å². The van der Waals surface area contributed by atoms with Crippen molar-refractivity contribution < 1.29 is 9.53 Å². The van der Waals surface area contributed by atoms with E-state index in [1.54, 1.807) is 30.5 Å². The van der Waals surface area contributed by atoms with E-state index in [0.29, 0.717) is 10.1 Å². The average molecular weight is 283 g/mol. The molecule has 1 aromatic carbocycles. The van der Waals surface area contributed by atoms with Gasteiger partial charge in [0.2, 0.25) is 0 Å². The van der Waals surface area contributed by atoms with Crippen molar-refractivity contribution in [3.05, 3.63) is 39.9 Å². The van der Waals surface area contributed by atoms with E-state index in [0.717, 1.165) is 5.69 Å². The van der Waals surface area contributed by atoms with Crippen molar-refractivity contribution in [3.63, 3.8) is 0 Å². The number of thioether (sulfide) groups is 1. The summed E-state index contributed by atoms with van der Waals surface area (Å²) in [5.41, 5.74) is 0.681. The van der Waals surface area contributed by atoms with Gasteiger partial charge in [0.15, 0.2) is 5.57 Å². The fraction of sp³-hybridized carbons (Fsp3) is 0.167. The predicted molar refractivity (Wildman–Crippen MR) is 73.2 cm³/mol. The standard InChI is InChI=1S/C12H11ClN2O2S/c1-17-12(16)10(7-14)11(18-2)15-9-5-3-8(13)4-6-9/h3-6,15H,1-2H3/b11-10+. The summed E-state index contributed by atoms with van der Waals surface area (Å²) in [6.45, 7) is 0. The molecule has 1 aromatic rings. The molecule has 0 aromatic heterocycles. The molecular weight excluding hydrogens is 272 g/mol. The number of carbonyl (C=O) groups excluding carboxylic acids is 1. The first-order valence-corrected chi connectivity index (χ1v) is 6.52. The van der Waals surface area contributed by atoms with Crippen LogP contribution >= 0.6 is 23.4 Å². The zero-order valence-electron chi connectivity index (χ0n) is 9.86. The number of nitriles is 1. The minimum absolute atomic E-state index is 0.0556. The van der Waals surface area contributed by atoms with Crippen molar-refractivity contribution in [2.45, 2.75) is 0 Å². The molecule has 6 heteroatoms. The van der Waals surface area contributed by atoms with E-state index >= 15 is 0 Å². The summed E-state index contributed by atoms with van der Waals surface area (Å²) in [6.07, 6.45) is 1.76. The normalized spacial score (nSPS) is 11.2. The van der Waals surface area contributed by atoms with Gasteiger partial charge in [-0.15, -0.1) is 11.8 Å². The molecule has 0 saturated carbocycles. The van der Waals surface area contributed by atoms with E-state index in [1.807, 2.05) is 6.07 Å². The Labute approximate surface area is 115 Å². The minimum Gasteiger partial charge on any atom is -0.465 e. The summed E-state index contributed by atoms with van der Waals surface area (Å²) >= 11 is 7.03. The highest BCUT2D eigenvalue weighted by molar-refractivity contribution is 8.02. The van der Waals surface area contributed by atoms with Gasteiger partial charge in [-0.3, -0.25) is 0 Å². The Morgan fingerprint density at radius 3 is 2.50 bits per heavy atom. The van der Waals surface area contributed by atoms with Crippen LogP contribution in [-0.2, 0) is 9.53 Å². The predicted octanol–water partition coefficient (Wildman–Crippen LogP) is 3.02. The van der Waals surface area contributed by atoms with Crippen LogP contribution in [0.2, 0.25) is 5.02 Å². The molecule has 4 nitrogen and oxygen atoms in total. The molecule has 1 rings (SSSR count). The summed E-state index contributed by atoms with van der Waals surface area (Å²) in [7, 11) is 1.24. The van der Waals surface area contributed by atoms with Gasteiger partial charge in [0.25, 0.3) is 0 Å². The maximum absolute atomic E-state index is 11.4. The van der Waals surface area contributed by atoms with Gasteiger partial charge in [-0.25, -0.2) is 4.79 Å². The van der Waals surface area contributed by atoms with Crippen molar-refractivity contribution >= 4 is 35.0 Å². The lowest BCUT2D eigenvalue weighted by Crippen LogP contribution is -2.09. The van der Waals surface area contributed by atoms with E-state index in [-0.39, 0.29) is 5.57 Å². The zero-order chi connectivity index (χ0) is 13.5. The fourth-order valence-electron chi connectivity index (χ4n) is 1.17. The number of esters is 1. The molecule has 0 heterocycles. The molecular formula is C12H11ClN2O2S. The Hall–Kier alpha value is -1.64. The lowest BCUT2D eigenvalue weighted by atomic mass is 10.3. The number of rotatable bonds is 4. The third-order valence-electron chi connectivity index (χ3n) is 2.03. The number of nitrogens with zero attached hydrogens (tertiary/aromatic N) is 1. The second-order valence-electron chi connectivity index (χ2n) is 3.14. The quantitative estimate of drug-likeness (QED) is 0.522. The highest BCUT2D eigenvalue weighted by Gasteiger charge is 2.15. The molecule has 0 radical (unpaired) electrons. The highest BCUT2D eigenvalue weighted by Crippen LogP contribution is 2.22. The summed E-state index contributed by atoms with van der Waals surface area (Å²) in [6, 6.07) is 8.77. The van der Waals surface area contributed by atoms with Crippen LogP contribution in [0, 0.1) is 11.3 Å². The number of benzene rings is 1. The number of hydrogen-bond acceptors (Lipinski definition) is 5. The van der Waals surface area contributed by atoms with E-state index in [2.05, 4.69) is 10.1 Å². The molecule has 0 aliphatic rings. The van der Waals surface area contributed by atoms with Crippen LogP contribution in [-0.4, -0.2) is 19.3 Å². The number of halogens is 1. The molecule has 0 atom stereocenters. The molecule has 0 spiro atoms. The second kappa shape index (κ2) is 6.94. The molecule has 0 fully saturated rings. The third kappa shape index (κ3) is 3.69. The lowest BCUT2D eigenvalue weighted by Gasteiger charge is -2.10. The molecule has 0 amide bonds. The fourth-order valence-corrected chi connectivity index (χ4v) is 1.85. The lowest BCUT2D eigenvalue weighted by molar-refractivity contribution is -0.135. The first kappa shape index (κ1) is 14.4. The van der Waals surface area contributed by atoms with Gasteiger partial charge in [0, 0.05) is 10.7 Å². The molecule has 0 saturated heterocycles. The van der Waals surface area contributed by atoms with E-state index < -0.39 is 5.97 Å². The number of carbonyl (C=O) groups is 1. The molecule has 0 aliphatic heterocycles. The molecule has 1 N–H and O–H groups in total. The third-order valence-corrected chi connectivity index (χ3v) is 3.00. The van der Waals surface area contributed by atoms with Crippen molar-refractivity contribution in [2.24, 2.45) is 0 Å². The second-order valence-corrected chi connectivity index (χ2v) is 4.40. The maximum Gasteiger partial charge on any atom is 0.351 e. The van der Waals surface area contributed by atoms with Crippen LogP contribution in [0.5, 0.6) is 0 Å². The summed E-state index contributed by atoms with van der Waals surface area (Å²) in [5, 5.41) is 13.0. The van der Waals surface area contributed by atoms with Gasteiger partial charge in [-0.1, -0.05) is 11.6 Å². The Kier molecular flexibility index (Phi) is 5.56. The summed E-state index contributed by atoms with van der Waals surface area (Å²) in [5.74, 6) is -0.664. The minimum atomic E-state index is -0.664. The zero-order valence-corrected chi connectivity index (χ0v) is 11.4. The Bertz CT molecular complexity index is 506. The average Bonchev–Trinajstić information content (AvgIpc) is 2.40. The van der Waals surface area contributed by atoms with Gasteiger partial charge in [-0.05, 0) is 30.5 Å².